The predicted octanol–water partition coefficient (Wildman–Crippen LogP) is 3.36. The van der Waals surface area contributed by atoms with Crippen molar-refractivity contribution in [3.8, 4) is 0 Å². The second kappa shape index (κ2) is 10.3. The maximum Gasteiger partial charge on any atom is 0.411 e. The SMILES string of the molecule is CCNC(=NCc1ccc(Cl)cc1)NCCCOCC(F)(F)F. The number of benzene rings is 1. The topological polar surface area (TPSA) is 45.7 Å². The van der Waals surface area contributed by atoms with Crippen molar-refractivity contribution in [1.82, 2.24) is 10.6 Å². The van der Waals surface area contributed by atoms with Gasteiger partial charge in [0, 0.05) is 24.7 Å². The van der Waals surface area contributed by atoms with Crippen LogP contribution in [0.2, 0.25) is 5.02 Å². The Labute approximate surface area is 139 Å². The van der Waals surface area contributed by atoms with E-state index >= 15 is 0 Å². The minimum atomic E-state index is -4.28. The van der Waals surface area contributed by atoms with Gasteiger partial charge in [-0.3, -0.25) is 0 Å². The molecule has 4 nitrogen and oxygen atoms in total. The molecule has 1 rings (SSSR count). The van der Waals surface area contributed by atoms with Gasteiger partial charge in [0.1, 0.15) is 6.61 Å². The Morgan fingerprint density at radius 2 is 1.91 bits per heavy atom. The molecule has 1 aromatic rings. The van der Waals surface area contributed by atoms with Crippen LogP contribution in [0.5, 0.6) is 0 Å². The highest BCUT2D eigenvalue weighted by molar-refractivity contribution is 6.30. The summed E-state index contributed by atoms with van der Waals surface area (Å²) in [7, 11) is 0. The van der Waals surface area contributed by atoms with Crippen LogP contribution in [-0.2, 0) is 11.3 Å². The van der Waals surface area contributed by atoms with Crippen LogP contribution in [0.1, 0.15) is 18.9 Å². The van der Waals surface area contributed by atoms with Gasteiger partial charge in [-0.25, -0.2) is 4.99 Å². The first kappa shape index (κ1) is 19.6. The summed E-state index contributed by atoms with van der Waals surface area (Å²) in [6.07, 6.45) is -3.82. The van der Waals surface area contributed by atoms with Crippen molar-refractivity contribution in [1.29, 1.82) is 0 Å². The lowest BCUT2D eigenvalue weighted by Crippen LogP contribution is -2.38. The van der Waals surface area contributed by atoms with Crippen molar-refractivity contribution in [3.63, 3.8) is 0 Å². The molecule has 130 valence electrons. The average molecular weight is 352 g/mol. The fourth-order valence-electron chi connectivity index (χ4n) is 1.67. The fourth-order valence-corrected chi connectivity index (χ4v) is 1.80. The molecule has 0 amide bonds. The van der Waals surface area contributed by atoms with E-state index in [1.54, 1.807) is 12.1 Å². The van der Waals surface area contributed by atoms with Crippen molar-refractivity contribution in [2.45, 2.75) is 26.1 Å². The Morgan fingerprint density at radius 1 is 1.22 bits per heavy atom. The number of rotatable bonds is 8. The molecular formula is C15H21ClF3N3O. The number of alkyl halides is 3. The van der Waals surface area contributed by atoms with Crippen molar-refractivity contribution in [2.75, 3.05) is 26.3 Å². The van der Waals surface area contributed by atoms with Crippen LogP contribution in [0.3, 0.4) is 0 Å². The first-order chi connectivity index (χ1) is 10.9. The third kappa shape index (κ3) is 10.0. The maximum atomic E-state index is 11.9. The van der Waals surface area contributed by atoms with Crippen LogP contribution in [0.15, 0.2) is 29.3 Å². The first-order valence-corrected chi connectivity index (χ1v) is 7.69. The molecule has 0 spiro atoms. The van der Waals surface area contributed by atoms with Gasteiger partial charge in [0.25, 0.3) is 0 Å². The molecule has 0 aliphatic heterocycles. The smallest absolute Gasteiger partial charge is 0.372 e. The summed E-state index contributed by atoms with van der Waals surface area (Å²) in [5, 5.41) is 6.79. The van der Waals surface area contributed by atoms with Gasteiger partial charge in [0.2, 0.25) is 0 Å². The number of ether oxygens (including phenoxy) is 1. The lowest BCUT2D eigenvalue weighted by molar-refractivity contribution is -0.173. The molecule has 0 fully saturated rings. The minimum Gasteiger partial charge on any atom is -0.372 e. The number of nitrogens with zero attached hydrogens (tertiary/aromatic N) is 1. The average Bonchev–Trinajstić information content (AvgIpc) is 2.48. The summed E-state index contributed by atoms with van der Waals surface area (Å²) < 4.78 is 40.2. The molecule has 8 heteroatoms. The molecule has 0 bridgehead atoms. The molecule has 0 aliphatic rings. The maximum absolute atomic E-state index is 11.9. The molecule has 0 aromatic heterocycles. The largest absolute Gasteiger partial charge is 0.411 e. The monoisotopic (exact) mass is 351 g/mol. The van der Waals surface area contributed by atoms with E-state index in [1.807, 2.05) is 19.1 Å². The van der Waals surface area contributed by atoms with Crippen LogP contribution in [0.25, 0.3) is 0 Å². The summed E-state index contributed by atoms with van der Waals surface area (Å²) in [4.78, 5) is 4.40. The van der Waals surface area contributed by atoms with Gasteiger partial charge < -0.3 is 15.4 Å². The lowest BCUT2D eigenvalue weighted by atomic mass is 10.2. The highest BCUT2D eigenvalue weighted by Gasteiger charge is 2.27. The second-order valence-electron chi connectivity index (χ2n) is 4.77. The highest BCUT2D eigenvalue weighted by Crippen LogP contribution is 2.14. The number of hydrogen-bond acceptors (Lipinski definition) is 2. The van der Waals surface area contributed by atoms with Gasteiger partial charge in [0.15, 0.2) is 5.96 Å². The van der Waals surface area contributed by atoms with Gasteiger partial charge in [-0.05, 0) is 31.0 Å². The third-order valence-electron chi connectivity index (χ3n) is 2.70. The summed E-state index contributed by atoms with van der Waals surface area (Å²) in [5.74, 6) is 0.610. The van der Waals surface area contributed by atoms with E-state index in [2.05, 4.69) is 20.4 Å². The number of guanidine groups is 1. The lowest BCUT2D eigenvalue weighted by Gasteiger charge is -2.12. The summed E-state index contributed by atoms with van der Waals surface area (Å²) >= 11 is 5.82. The molecule has 0 atom stereocenters. The second-order valence-corrected chi connectivity index (χ2v) is 5.21. The van der Waals surface area contributed by atoms with E-state index in [1.165, 1.54) is 0 Å². The minimum absolute atomic E-state index is 0.0447. The van der Waals surface area contributed by atoms with Gasteiger partial charge in [-0.1, -0.05) is 23.7 Å². The zero-order valence-electron chi connectivity index (χ0n) is 12.9. The van der Waals surface area contributed by atoms with E-state index in [0.29, 0.717) is 37.0 Å². The molecule has 0 saturated heterocycles. The summed E-state index contributed by atoms with van der Waals surface area (Å²) in [6.45, 7) is 2.42. The molecule has 0 aliphatic carbocycles. The number of halogens is 4. The van der Waals surface area contributed by atoms with Gasteiger partial charge in [0.05, 0.1) is 6.54 Å². The molecule has 0 unspecified atom stereocenters. The molecule has 1 aromatic carbocycles. The Balaban J connectivity index is 2.31. The Morgan fingerprint density at radius 3 is 2.52 bits per heavy atom. The van der Waals surface area contributed by atoms with Gasteiger partial charge in [-0.15, -0.1) is 0 Å². The number of aliphatic imine (C=N–C) groups is 1. The van der Waals surface area contributed by atoms with Gasteiger partial charge in [-0.2, -0.15) is 13.2 Å². The Kier molecular flexibility index (Phi) is 8.79. The zero-order chi connectivity index (χ0) is 17.1. The molecule has 0 radical (unpaired) electrons. The van der Waals surface area contributed by atoms with Gasteiger partial charge >= 0.3 is 6.18 Å². The van der Waals surface area contributed by atoms with Crippen molar-refractivity contribution >= 4 is 17.6 Å². The fraction of sp³-hybridized carbons (Fsp3) is 0.533. The van der Waals surface area contributed by atoms with E-state index in [0.717, 1.165) is 5.56 Å². The molecular weight excluding hydrogens is 331 g/mol. The Hall–Kier alpha value is -1.47. The zero-order valence-corrected chi connectivity index (χ0v) is 13.7. The Bertz CT molecular complexity index is 478. The van der Waals surface area contributed by atoms with Crippen LogP contribution in [0.4, 0.5) is 13.2 Å². The number of nitrogens with one attached hydrogen (secondary N) is 2. The number of hydrogen-bond donors (Lipinski definition) is 2. The molecule has 0 heterocycles. The van der Waals surface area contributed by atoms with Crippen molar-refractivity contribution in [2.24, 2.45) is 4.99 Å². The van der Waals surface area contributed by atoms with Crippen molar-refractivity contribution < 1.29 is 17.9 Å². The third-order valence-corrected chi connectivity index (χ3v) is 2.95. The van der Waals surface area contributed by atoms with E-state index < -0.39 is 12.8 Å². The quantitative estimate of drug-likeness (QED) is 0.429. The standard InChI is InChI=1S/C15H21ClF3N3O/c1-2-20-14(21-8-3-9-23-11-15(17,18)19)22-10-12-4-6-13(16)7-5-12/h4-7H,2-3,8-11H2,1H3,(H2,20,21,22). The van der Waals surface area contributed by atoms with E-state index in [4.69, 9.17) is 11.6 Å². The first-order valence-electron chi connectivity index (χ1n) is 7.32. The van der Waals surface area contributed by atoms with E-state index in [9.17, 15) is 13.2 Å². The highest BCUT2D eigenvalue weighted by atomic mass is 35.5. The molecule has 2 N–H and O–H groups in total. The van der Waals surface area contributed by atoms with Crippen LogP contribution in [-0.4, -0.2) is 38.4 Å². The van der Waals surface area contributed by atoms with Crippen LogP contribution >= 0.6 is 11.6 Å². The van der Waals surface area contributed by atoms with Crippen LogP contribution in [0, 0.1) is 0 Å². The molecule has 0 saturated carbocycles. The van der Waals surface area contributed by atoms with Crippen molar-refractivity contribution in [3.05, 3.63) is 34.9 Å². The predicted molar refractivity (Wildman–Crippen MR) is 85.8 cm³/mol. The summed E-state index contributed by atoms with van der Waals surface area (Å²) in [6, 6.07) is 7.37. The summed E-state index contributed by atoms with van der Waals surface area (Å²) in [5.41, 5.74) is 1.01. The van der Waals surface area contributed by atoms with E-state index in [-0.39, 0.29) is 6.61 Å². The van der Waals surface area contributed by atoms with Crippen LogP contribution < -0.4 is 10.6 Å². The normalized spacial score (nSPS) is 12.3. The molecule has 23 heavy (non-hydrogen) atoms.